The number of benzene rings is 2. The summed E-state index contributed by atoms with van der Waals surface area (Å²) in [4.78, 5) is 66.3. The Morgan fingerprint density at radius 3 is 2.33 bits per heavy atom. The third kappa shape index (κ3) is 7.78. The molecule has 55 heavy (non-hydrogen) atoms. The van der Waals surface area contributed by atoms with Crippen LogP contribution in [-0.4, -0.2) is 104 Å². The molecule has 14 heteroatoms. The van der Waals surface area contributed by atoms with Gasteiger partial charge in [0.1, 0.15) is 34.9 Å². The number of aliphatic imine (C=N–C) groups is 2. The molecule has 0 saturated carbocycles. The van der Waals surface area contributed by atoms with E-state index in [1.807, 2.05) is 55.1 Å². The summed E-state index contributed by atoms with van der Waals surface area (Å²) in [6.45, 7) is 10.9. The van der Waals surface area contributed by atoms with Crippen LogP contribution in [0.5, 0.6) is 0 Å². The molecule has 4 aliphatic rings. The van der Waals surface area contributed by atoms with Crippen molar-refractivity contribution in [2.75, 3.05) is 46.5 Å². The predicted octanol–water partition coefficient (Wildman–Crippen LogP) is 4.46. The van der Waals surface area contributed by atoms with Gasteiger partial charge in [-0.3, -0.25) is 24.4 Å². The lowest BCUT2D eigenvalue weighted by Gasteiger charge is -2.39. The van der Waals surface area contributed by atoms with Gasteiger partial charge in [0.15, 0.2) is 0 Å². The quantitative estimate of drug-likeness (QED) is 0.240. The van der Waals surface area contributed by atoms with Gasteiger partial charge in [0.05, 0.1) is 62.3 Å². The zero-order valence-corrected chi connectivity index (χ0v) is 32.4. The summed E-state index contributed by atoms with van der Waals surface area (Å²) >= 11 is 0. The molecule has 0 bridgehead atoms. The highest BCUT2D eigenvalue weighted by Gasteiger charge is 2.40. The molecular formula is C41H53N7O7. The van der Waals surface area contributed by atoms with Crippen molar-refractivity contribution in [3.8, 4) is 0 Å². The first-order valence-corrected chi connectivity index (χ1v) is 19.7. The number of ether oxygens (including phenoxy) is 2. The second-order valence-electron chi connectivity index (χ2n) is 15.4. The molecule has 14 nitrogen and oxygen atoms in total. The maximum atomic E-state index is 13.9. The first-order valence-electron chi connectivity index (χ1n) is 19.7. The van der Waals surface area contributed by atoms with Crippen LogP contribution in [-0.2, 0) is 19.1 Å². The van der Waals surface area contributed by atoms with E-state index in [4.69, 9.17) is 23.9 Å². The zero-order chi connectivity index (χ0) is 38.8. The van der Waals surface area contributed by atoms with Gasteiger partial charge in [-0.25, -0.2) is 4.79 Å². The number of likely N-dealkylation sites (tertiary alicyclic amines) is 1. The zero-order valence-electron chi connectivity index (χ0n) is 32.4. The van der Waals surface area contributed by atoms with Crippen LogP contribution in [0.3, 0.4) is 0 Å². The Kier molecular flexibility index (Phi) is 11.4. The fourth-order valence-electron chi connectivity index (χ4n) is 8.07. The van der Waals surface area contributed by atoms with E-state index in [-0.39, 0.29) is 47.9 Å². The van der Waals surface area contributed by atoms with Crippen molar-refractivity contribution in [1.29, 1.82) is 0 Å². The van der Waals surface area contributed by atoms with E-state index in [2.05, 4.69) is 29.8 Å². The van der Waals surface area contributed by atoms with E-state index in [0.717, 1.165) is 42.8 Å². The van der Waals surface area contributed by atoms with Gasteiger partial charge in [-0.1, -0.05) is 52.7 Å². The first kappa shape index (κ1) is 38.3. The topological polar surface area (TPSA) is 167 Å². The average Bonchev–Trinajstić information content (AvgIpc) is 4.01. The van der Waals surface area contributed by atoms with E-state index in [1.165, 1.54) is 7.11 Å². The number of carbonyl (C=O) groups is 3. The van der Waals surface area contributed by atoms with Crippen molar-refractivity contribution >= 4 is 51.5 Å². The molecule has 0 radical (unpaired) electrons. The lowest BCUT2D eigenvalue weighted by atomic mass is 9.97. The van der Waals surface area contributed by atoms with Gasteiger partial charge >= 0.3 is 6.09 Å². The Balaban J connectivity index is 1.04. The van der Waals surface area contributed by atoms with Crippen molar-refractivity contribution < 1.29 is 28.3 Å². The number of alkyl carbamates (subject to hydrolysis) is 1. The molecule has 2 aromatic carbocycles. The van der Waals surface area contributed by atoms with Gasteiger partial charge in [0.25, 0.3) is 0 Å². The maximum Gasteiger partial charge on any atom is 0.407 e. The molecule has 3 aromatic rings. The van der Waals surface area contributed by atoms with Crippen LogP contribution in [0.2, 0.25) is 0 Å². The normalized spacial score (nSPS) is 24.2. The lowest BCUT2D eigenvalue weighted by Crippen LogP contribution is -2.61. The standard InChI is InChI=1S/C41H53N7O7/c1-6-23(3)17-35(49)47-14-8-9-31(47)38-42-21-30(44-38)26-10-12-27-34(19-26)55-33-13-11-25(18-28(33)37(27)50)29-20-43-39(45-29)32-22-54-16-15-48(32)40(51)36(24(4)7-2)46-41(52)53-5/h10-13,18-19,23-24,29-32,36H,6-9,14-17,20-22H2,1-5H3,(H,42,44)(H,43,45)(H,46,52)/t23-,24-,29?,30?,31-,32-,36-/m0/s1. The molecule has 3 N–H and O–H groups in total. The number of nitrogens with zero attached hydrogens (tertiary/aromatic N) is 4. The van der Waals surface area contributed by atoms with E-state index in [9.17, 15) is 19.2 Å². The van der Waals surface area contributed by atoms with Crippen molar-refractivity contribution in [3.63, 3.8) is 0 Å². The number of nitrogens with one attached hydrogen (secondary N) is 3. The van der Waals surface area contributed by atoms with Crippen molar-refractivity contribution in [3.05, 3.63) is 57.7 Å². The highest BCUT2D eigenvalue weighted by molar-refractivity contribution is 5.96. The molecule has 0 spiro atoms. The van der Waals surface area contributed by atoms with Gasteiger partial charge in [0, 0.05) is 19.5 Å². The summed E-state index contributed by atoms with van der Waals surface area (Å²) in [7, 11) is 1.28. The summed E-state index contributed by atoms with van der Waals surface area (Å²) in [5.41, 5.74) is 2.72. The minimum Gasteiger partial charge on any atom is -0.456 e. The Labute approximate surface area is 321 Å². The summed E-state index contributed by atoms with van der Waals surface area (Å²) in [5.74, 6) is 1.73. The third-order valence-electron chi connectivity index (χ3n) is 11.8. The molecule has 294 valence electrons. The number of hydrogen-bond donors (Lipinski definition) is 3. The highest BCUT2D eigenvalue weighted by atomic mass is 16.5. The van der Waals surface area contributed by atoms with Gasteiger partial charge in [-0.2, -0.15) is 0 Å². The number of hydrogen-bond acceptors (Lipinski definition) is 11. The number of rotatable bonds is 11. The van der Waals surface area contributed by atoms with Crippen LogP contribution in [0, 0.1) is 11.8 Å². The average molecular weight is 756 g/mol. The van der Waals surface area contributed by atoms with E-state index in [0.29, 0.717) is 72.8 Å². The molecule has 2 saturated heterocycles. The maximum absolute atomic E-state index is 13.9. The van der Waals surface area contributed by atoms with Crippen LogP contribution >= 0.6 is 0 Å². The van der Waals surface area contributed by atoms with Gasteiger partial charge < -0.3 is 39.6 Å². The summed E-state index contributed by atoms with van der Waals surface area (Å²) in [5, 5.41) is 10.8. The molecular weight excluding hydrogens is 702 g/mol. The van der Waals surface area contributed by atoms with Gasteiger partial charge in [0.2, 0.25) is 17.2 Å². The number of methoxy groups -OCH3 is 1. The van der Waals surface area contributed by atoms with Crippen molar-refractivity contribution in [2.24, 2.45) is 21.8 Å². The summed E-state index contributed by atoms with van der Waals surface area (Å²) in [6.07, 6.45) is 3.45. The van der Waals surface area contributed by atoms with Crippen molar-refractivity contribution in [2.45, 2.75) is 90.0 Å². The fraction of sp³-hybridized carbons (Fsp3) is 0.561. The number of fused-ring (bicyclic) bond motifs is 2. The van der Waals surface area contributed by atoms with E-state index in [1.54, 1.807) is 4.90 Å². The van der Waals surface area contributed by atoms with Crippen LogP contribution in [0.15, 0.2) is 55.6 Å². The minimum atomic E-state index is -0.749. The smallest absolute Gasteiger partial charge is 0.407 e. The second-order valence-corrected chi connectivity index (χ2v) is 15.4. The van der Waals surface area contributed by atoms with Gasteiger partial charge in [-0.05, 0) is 60.1 Å². The molecule has 3 amide bonds. The predicted molar refractivity (Wildman–Crippen MR) is 210 cm³/mol. The summed E-state index contributed by atoms with van der Waals surface area (Å²) < 4.78 is 16.9. The Morgan fingerprint density at radius 1 is 0.909 bits per heavy atom. The molecule has 4 aliphatic heterocycles. The minimum absolute atomic E-state index is 0.0244. The molecule has 2 fully saturated rings. The van der Waals surface area contributed by atoms with Gasteiger partial charge in [-0.15, -0.1) is 0 Å². The van der Waals surface area contributed by atoms with Crippen LogP contribution in [0.25, 0.3) is 21.9 Å². The fourth-order valence-corrected chi connectivity index (χ4v) is 8.07. The number of morpholine rings is 1. The highest BCUT2D eigenvalue weighted by Crippen LogP contribution is 2.30. The Hall–Kier alpha value is -4.98. The van der Waals surface area contributed by atoms with Crippen LogP contribution in [0.1, 0.15) is 83.0 Å². The van der Waals surface area contributed by atoms with Crippen LogP contribution in [0.4, 0.5) is 4.79 Å². The van der Waals surface area contributed by atoms with E-state index >= 15 is 0 Å². The molecule has 7 rings (SSSR count). The number of carbonyl (C=O) groups excluding carboxylic acids is 3. The molecule has 5 heterocycles. The molecule has 1 aromatic heterocycles. The third-order valence-corrected chi connectivity index (χ3v) is 11.8. The number of amides is 3. The monoisotopic (exact) mass is 755 g/mol. The van der Waals surface area contributed by atoms with Crippen molar-refractivity contribution in [1.82, 2.24) is 25.8 Å². The molecule has 2 unspecified atom stereocenters. The summed E-state index contributed by atoms with van der Waals surface area (Å²) in [6, 6.07) is 9.79. The van der Waals surface area contributed by atoms with Crippen LogP contribution < -0.4 is 21.4 Å². The largest absolute Gasteiger partial charge is 0.456 e. The SMILES string of the molecule is CC[C@H](C)CC(=O)N1CCC[C@H]1C1=NCC(c2ccc3c(=O)c4cc(C5CN=C([C@@H]6COCCN6C(=O)[C@@H](NC(=O)OC)[C@@H](C)CC)N5)ccc4oc3c2)N1. The number of amidine groups is 2. The first-order chi connectivity index (χ1) is 26.6. The molecule has 7 atom stereocenters. The molecule has 0 aliphatic carbocycles. The Bertz CT molecular complexity index is 2060. The van der Waals surface area contributed by atoms with E-state index < -0.39 is 18.2 Å². The Morgan fingerprint density at radius 2 is 1.62 bits per heavy atom. The second kappa shape index (κ2) is 16.4. The lowest BCUT2D eigenvalue weighted by molar-refractivity contribution is -0.140.